The molecule has 0 saturated carbocycles. The average Bonchev–Trinajstić information content (AvgIpc) is 3.25. The second-order valence-corrected chi connectivity index (χ2v) is 11.1. The third-order valence-electron chi connectivity index (χ3n) is 7.44. The van der Waals surface area contributed by atoms with Crippen molar-refractivity contribution in [3.8, 4) is 5.75 Å². The van der Waals surface area contributed by atoms with Gasteiger partial charge in [0.1, 0.15) is 12.3 Å². The van der Waals surface area contributed by atoms with Crippen molar-refractivity contribution in [1.82, 2.24) is 10.0 Å². The first-order valence-corrected chi connectivity index (χ1v) is 14.1. The summed E-state index contributed by atoms with van der Waals surface area (Å²) in [5, 5.41) is 12.7. The molecular formula is C31H23Cl2N3O8. The highest BCUT2D eigenvalue weighted by molar-refractivity contribution is 6.42. The van der Waals surface area contributed by atoms with Gasteiger partial charge in [0.25, 0.3) is 23.4 Å². The molecule has 44 heavy (non-hydrogen) atoms. The molecule has 1 fully saturated rings. The van der Waals surface area contributed by atoms with Crippen LogP contribution in [0.5, 0.6) is 5.75 Å². The number of hydrazine groups is 1. The van der Waals surface area contributed by atoms with Crippen LogP contribution in [0.4, 0.5) is 5.69 Å². The van der Waals surface area contributed by atoms with Crippen LogP contribution in [0.1, 0.15) is 50.8 Å². The van der Waals surface area contributed by atoms with Crippen LogP contribution in [0.2, 0.25) is 10.0 Å². The number of benzene rings is 3. The number of non-ortho nitro benzene ring substituents is 1. The van der Waals surface area contributed by atoms with Gasteiger partial charge < -0.3 is 4.74 Å². The fourth-order valence-electron chi connectivity index (χ4n) is 5.09. The van der Waals surface area contributed by atoms with E-state index in [4.69, 9.17) is 27.9 Å². The molecule has 2 aliphatic rings. The minimum Gasteiger partial charge on any atom is -0.423 e. The normalized spacial score (nSPS) is 17.5. The summed E-state index contributed by atoms with van der Waals surface area (Å²) in [5.41, 5.74) is 0.991. The molecule has 0 aromatic heterocycles. The molecule has 3 aromatic rings. The van der Waals surface area contributed by atoms with Crippen LogP contribution in [0.3, 0.4) is 0 Å². The molecule has 2 atom stereocenters. The van der Waals surface area contributed by atoms with Crippen molar-refractivity contribution in [3.05, 3.63) is 115 Å². The average molecular weight is 636 g/mol. The topological polar surface area (TPSA) is 144 Å². The van der Waals surface area contributed by atoms with E-state index in [-0.39, 0.29) is 38.2 Å². The number of Topliss-reactive ketones (excluding diaryl/α,β-unsaturated/α-hetero) is 1. The van der Waals surface area contributed by atoms with Crippen molar-refractivity contribution in [1.29, 1.82) is 0 Å². The zero-order valence-electron chi connectivity index (χ0n) is 23.1. The molecule has 0 unspecified atom stereocenters. The van der Waals surface area contributed by atoms with Crippen molar-refractivity contribution in [2.45, 2.75) is 19.8 Å². The van der Waals surface area contributed by atoms with Crippen LogP contribution < -0.4 is 4.74 Å². The van der Waals surface area contributed by atoms with Gasteiger partial charge in [0.05, 0.1) is 32.4 Å². The van der Waals surface area contributed by atoms with Crippen molar-refractivity contribution < 1.29 is 33.6 Å². The van der Waals surface area contributed by atoms with Gasteiger partial charge in [0.15, 0.2) is 5.78 Å². The Morgan fingerprint density at radius 1 is 0.909 bits per heavy atom. The van der Waals surface area contributed by atoms with Gasteiger partial charge in [-0.1, -0.05) is 34.9 Å². The summed E-state index contributed by atoms with van der Waals surface area (Å²) < 4.78 is 5.30. The number of allylic oxidation sites excluding steroid dienone is 2. The maximum Gasteiger partial charge on any atom is 0.343 e. The number of nitro benzene ring substituents is 1. The van der Waals surface area contributed by atoms with Gasteiger partial charge in [-0.15, -0.1) is 0 Å². The minimum absolute atomic E-state index is 0.0190. The molecule has 5 rings (SSSR count). The number of ketones is 1. The lowest BCUT2D eigenvalue weighted by Crippen LogP contribution is -2.52. The number of carbonyl (C=O) groups is 5. The molecule has 0 spiro atoms. The Morgan fingerprint density at radius 2 is 1.52 bits per heavy atom. The summed E-state index contributed by atoms with van der Waals surface area (Å²) in [6.07, 6.45) is 2.61. The standard InChI is InChI=1S/C31H23Cl2N3O8/c1-17-2-12-23-24(14-17)30(40)35(29(23)39)34(28(38)20-7-13-25(32)26(33)15-20)16-27(37)18-5-10-22(11-6-18)44-31(41)19-3-8-21(9-4-19)36(42)43/h2-11,13,15,23-24H,12,14,16H2,1H3/t23-,24-/m1/s1. The predicted octanol–water partition coefficient (Wildman–Crippen LogP) is 5.70. The first kappa shape index (κ1) is 30.6. The number of carbonyl (C=O) groups excluding carboxylic acids is 5. The lowest BCUT2D eigenvalue weighted by molar-refractivity contribution is -0.384. The van der Waals surface area contributed by atoms with Crippen molar-refractivity contribution in [2.75, 3.05) is 6.54 Å². The fraction of sp³-hybridized carbons (Fsp3) is 0.194. The van der Waals surface area contributed by atoms with E-state index in [2.05, 4.69) is 0 Å². The second-order valence-electron chi connectivity index (χ2n) is 10.3. The Bertz CT molecular complexity index is 1740. The molecule has 0 N–H and O–H groups in total. The number of nitrogens with zero attached hydrogens (tertiary/aromatic N) is 3. The molecule has 1 saturated heterocycles. The Morgan fingerprint density at radius 3 is 2.16 bits per heavy atom. The van der Waals surface area contributed by atoms with Gasteiger partial charge in [-0.05, 0) is 74.4 Å². The number of amides is 3. The van der Waals surface area contributed by atoms with Gasteiger partial charge in [0.2, 0.25) is 0 Å². The molecule has 11 nitrogen and oxygen atoms in total. The van der Waals surface area contributed by atoms with E-state index in [1.165, 1.54) is 66.7 Å². The Labute approximate surface area is 260 Å². The zero-order chi connectivity index (χ0) is 31.7. The zero-order valence-corrected chi connectivity index (χ0v) is 24.6. The highest BCUT2D eigenvalue weighted by Gasteiger charge is 2.51. The molecule has 0 bridgehead atoms. The first-order valence-electron chi connectivity index (χ1n) is 13.3. The van der Waals surface area contributed by atoms with E-state index >= 15 is 0 Å². The Kier molecular flexibility index (Phi) is 8.61. The first-order chi connectivity index (χ1) is 20.9. The van der Waals surface area contributed by atoms with Crippen LogP contribution >= 0.6 is 23.2 Å². The summed E-state index contributed by atoms with van der Waals surface area (Å²) >= 11 is 12.1. The van der Waals surface area contributed by atoms with E-state index in [1.54, 1.807) is 0 Å². The Hall–Kier alpha value is -4.87. The van der Waals surface area contributed by atoms with Crippen LogP contribution in [0.25, 0.3) is 0 Å². The van der Waals surface area contributed by atoms with Crippen LogP contribution in [0, 0.1) is 22.0 Å². The van der Waals surface area contributed by atoms with E-state index in [9.17, 15) is 34.1 Å². The van der Waals surface area contributed by atoms with E-state index in [0.717, 1.165) is 15.6 Å². The van der Waals surface area contributed by atoms with E-state index < -0.39 is 52.8 Å². The molecule has 3 aromatic carbocycles. The number of ether oxygens (including phenoxy) is 1. The summed E-state index contributed by atoms with van der Waals surface area (Å²) in [4.78, 5) is 76.7. The maximum absolute atomic E-state index is 13.7. The number of hydrogen-bond acceptors (Lipinski definition) is 8. The van der Waals surface area contributed by atoms with Gasteiger partial charge in [-0.3, -0.25) is 29.3 Å². The van der Waals surface area contributed by atoms with Crippen molar-refractivity contribution in [3.63, 3.8) is 0 Å². The minimum atomic E-state index is -0.796. The van der Waals surface area contributed by atoms with Crippen LogP contribution in [-0.2, 0) is 9.59 Å². The predicted molar refractivity (Wildman–Crippen MR) is 158 cm³/mol. The van der Waals surface area contributed by atoms with Gasteiger partial charge >= 0.3 is 5.97 Å². The number of imide groups is 1. The number of nitro groups is 1. The van der Waals surface area contributed by atoms with E-state index in [0.29, 0.717) is 12.8 Å². The molecule has 224 valence electrons. The maximum atomic E-state index is 13.7. The van der Waals surface area contributed by atoms with Crippen LogP contribution in [0.15, 0.2) is 78.4 Å². The molecule has 0 radical (unpaired) electrons. The largest absolute Gasteiger partial charge is 0.423 e. The number of hydrogen-bond donors (Lipinski definition) is 0. The lowest BCUT2D eigenvalue weighted by Gasteiger charge is -2.30. The summed E-state index contributed by atoms with van der Waals surface area (Å²) in [6, 6.07) is 14.4. The van der Waals surface area contributed by atoms with Crippen LogP contribution in [-0.4, -0.2) is 51.0 Å². The summed E-state index contributed by atoms with van der Waals surface area (Å²) in [7, 11) is 0. The fourth-order valence-corrected chi connectivity index (χ4v) is 5.39. The lowest BCUT2D eigenvalue weighted by atomic mass is 9.82. The summed E-state index contributed by atoms with van der Waals surface area (Å²) in [5.74, 6) is -4.50. The second kappa shape index (κ2) is 12.4. The van der Waals surface area contributed by atoms with Gasteiger partial charge in [-0.2, -0.15) is 5.01 Å². The third-order valence-corrected chi connectivity index (χ3v) is 8.18. The quantitative estimate of drug-likeness (QED) is 0.0583. The number of rotatable bonds is 8. The molecule has 13 heteroatoms. The monoisotopic (exact) mass is 635 g/mol. The molecule has 1 heterocycles. The Balaban J connectivity index is 1.36. The van der Waals surface area contributed by atoms with Crippen molar-refractivity contribution in [2.24, 2.45) is 11.8 Å². The molecular weight excluding hydrogens is 613 g/mol. The van der Waals surface area contributed by atoms with E-state index in [1.807, 2.05) is 13.0 Å². The molecule has 1 aliphatic carbocycles. The number of fused-ring (bicyclic) bond motifs is 1. The highest BCUT2D eigenvalue weighted by atomic mass is 35.5. The van der Waals surface area contributed by atoms with Crippen molar-refractivity contribution >= 4 is 58.4 Å². The molecule has 3 amide bonds. The van der Waals surface area contributed by atoms with Gasteiger partial charge in [0, 0.05) is 23.3 Å². The highest BCUT2D eigenvalue weighted by Crippen LogP contribution is 2.39. The number of halogens is 2. The number of esters is 1. The third kappa shape index (κ3) is 6.10. The molecule has 1 aliphatic heterocycles. The smallest absolute Gasteiger partial charge is 0.343 e. The van der Waals surface area contributed by atoms with Gasteiger partial charge in [-0.25, -0.2) is 9.80 Å². The summed E-state index contributed by atoms with van der Waals surface area (Å²) in [6.45, 7) is 1.22. The SMILES string of the molecule is CC1=CC[C@H]2C(=O)N(N(CC(=O)c3ccc(OC(=O)c4ccc([N+](=O)[O-])cc4)cc3)C(=O)c3ccc(Cl)c(Cl)c3)C(=O)[C@@H]2C1.